The molecule has 0 saturated carbocycles. The standard InChI is InChI=1S/C28H29N3O3/c1-21-7-6-10-25(27(21)34-2)28(33)29-23-12-14-24(15-13-23)30-17-19-31(20-18-30)26(32)16-11-22-8-4-3-5-9-22/h3-16H,17-20H2,1-2H3,(H,29,33)/b16-11+. The zero-order valence-corrected chi connectivity index (χ0v) is 19.5. The van der Waals surface area contributed by atoms with Gasteiger partial charge >= 0.3 is 0 Å². The summed E-state index contributed by atoms with van der Waals surface area (Å²) in [5.41, 5.74) is 4.23. The van der Waals surface area contributed by atoms with Crippen molar-refractivity contribution in [1.82, 2.24) is 4.90 Å². The Morgan fingerprint density at radius 1 is 0.882 bits per heavy atom. The van der Waals surface area contributed by atoms with E-state index in [0.717, 1.165) is 35.6 Å². The highest BCUT2D eigenvalue weighted by molar-refractivity contribution is 6.06. The molecule has 0 bridgehead atoms. The second-order valence-corrected chi connectivity index (χ2v) is 8.21. The number of carbonyl (C=O) groups is 2. The lowest BCUT2D eigenvalue weighted by atomic mass is 10.1. The third-order valence-electron chi connectivity index (χ3n) is 5.96. The first kappa shape index (κ1) is 23.1. The Kier molecular flexibility index (Phi) is 7.28. The molecule has 1 aliphatic rings. The first-order chi connectivity index (χ1) is 16.5. The Morgan fingerprint density at radius 3 is 2.26 bits per heavy atom. The first-order valence-corrected chi connectivity index (χ1v) is 11.4. The number of nitrogens with zero attached hydrogens (tertiary/aromatic N) is 2. The van der Waals surface area contributed by atoms with Crippen LogP contribution in [-0.2, 0) is 4.79 Å². The number of piperazine rings is 1. The molecule has 1 N–H and O–H groups in total. The number of para-hydroxylation sites is 1. The van der Waals surface area contributed by atoms with Gasteiger partial charge < -0.3 is 19.9 Å². The van der Waals surface area contributed by atoms with Crippen LogP contribution in [-0.4, -0.2) is 50.0 Å². The fourth-order valence-electron chi connectivity index (χ4n) is 4.08. The highest BCUT2D eigenvalue weighted by Gasteiger charge is 2.20. The number of hydrogen-bond donors (Lipinski definition) is 1. The first-order valence-electron chi connectivity index (χ1n) is 11.4. The van der Waals surface area contributed by atoms with Crippen molar-refractivity contribution in [1.29, 1.82) is 0 Å². The number of ether oxygens (including phenoxy) is 1. The maximum absolute atomic E-state index is 12.7. The molecule has 0 aromatic heterocycles. The minimum Gasteiger partial charge on any atom is -0.496 e. The number of amides is 2. The van der Waals surface area contributed by atoms with E-state index >= 15 is 0 Å². The van der Waals surface area contributed by atoms with E-state index in [1.54, 1.807) is 19.3 Å². The molecule has 1 saturated heterocycles. The molecule has 4 rings (SSSR count). The molecular weight excluding hydrogens is 426 g/mol. The molecule has 1 fully saturated rings. The minimum atomic E-state index is -0.205. The number of rotatable bonds is 6. The Balaban J connectivity index is 1.32. The van der Waals surface area contributed by atoms with E-state index < -0.39 is 0 Å². The third kappa shape index (κ3) is 5.46. The minimum absolute atomic E-state index is 0.0353. The van der Waals surface area contributed by atoms with Crippen LogP contribution in [0, 0.1) is 6.92 Å². The highest BCUT2D eigenvalue weighted by atomic mass is 16.5. The number of hydrogen-bond acceptors (Lipinski definition) is 4. The van der Waals surface area contributed by atoms with E-state index in [4.69, 9.17) is 4.74 Å². The Labute approximate surface area is 200 Å². The summed E-state index contributed by atoms with van der Waals surface area (Å²) in [4.78, 5) is 29.4. The predicted molar refractivity (Wildman–Crippen MR) is 136 cm³/mol. The van der Waals surface area contributed by atoms with Crippen molar-refractivity contribution in [3.8, 4) is 5.75 Å². The lowest BCUT2D eigenvalue weighted by Gasteiger charge is -2.35. The van der Waals surface area contributed by atoms with Crippen LogP contribution in [0.4, 0.5) is 11.4 Å². The molecule has 0 spiro atoms. The number of aryl methyl sites for hydroxylation is 1. The average Bonchev–Trinajstić information content (AvgIpc) is 2.88. The molecule has 1 heterocycles. The van der Waals surface area contributed by atoms with Crippen molar-refractivity contribution in [3.05, 3.63) is 95.6 Å². The molecule has 0 unspecified atom stereocenters. The number of methoxy groups -OCH3 is 1. The molecule has 6 nitrogen and oxygen atoms in total. The van der Waals surface area contributed by atoms with E-state index in [-0.39, 0.29) is 11.8 Å². The SMILES string of the molecule is COc1c(C)cccc1C(=O)Nc1ccc(N2CCN(C(=O)/C=C/c3ccccc3)CC2)cc1. The maximum atomic E-state index is 12.7. The van der Waals surface area contributed by atoms with Crippen molar-refractivity contribution in [3.63, 3.8) is 0 Å². The van der Waals surface area contributed by atoms with Crippen molar-refractivity contribution in [2.75, 3.05) is 43.5 Å². The van der Waals surface area contributed by atoms with E-state index in [9.17, 15) is 9.59 Å². The summed E-state index contributed by atoms with van der Waals surface area (Å²) in [6.07, 6.45) is 3.50. The monoisotopic (exact) mass is 455 g/mol. The number of anilines is 2. The molecule has 0 radical (unpaired) electrons. The quantitative estimate of drug-likeness (QED) is 0.551. The normalized spacial score (nSPS) is 13.7. The second kappa shape index (κ2) is 10.7. The van der Waals surface area contributed by atoms with Crippen LogP contribution < -0.4 is 15.0 Å². The summed E-state index contributed by atoms with van der Waals surface area (Å²) < 4.78 is 5.40. The molecule has 3 aromatic carbocycles. The Morgan fingerprint density at radius 2 is 1.59 bits per heavy atom. The van der Waals surface area contributed by atoms with Gasteiger partial charge in [-0.25, -0.2) is 0 Å². The zero-order valence-electron chi connectivity index (χ0n) is 19.5. The topological polar surface area (TPSA) is 61.9 Å². The molecule has 3 aromatic rings. The highest BCUT2D eigenvalue weighted by Crippen LogP contribution is 2.25. The summed E-state index contributed by atoms with van der Waals surface area (Å²) in [5, 5.41) is 2.94. The number of carbonyl (C=O) groups excluding carboxylic acids is 2. The van der Waals surface area contributed by atoms with Crippen LogP contribution in [0.2, 0.25) is 0 Å². The second-order valence-electron chi connectivity index (χ2n) is 8.21. The van der Waals surface area contributed by atoms with Crippen LogP contribution in [0.25, 0.3) is 6.08 Å². The van der Waals surface area contributed by atoms with Gasteiger partial charge in [0.15, 0.2) is 0 Å². The van der Waals surface area contributed by atoms with Crippen LogP contribution in [0.15, 0.2) is 78.9 Å². The van der Waals surface area contributed by atoms with Gasteiger partial charge in [0.2, 0.25) is 5.91 Å². The van der Waals surface area contributed by atoms with Crippen molar-refractivity contribution < 1.29 is 14.3 Å². The van der Waals surface area contributed by atoms with Gasteiger partial charge in [-0.2, -0.15) is 0 Å². The van der Waals surface area contributed by atoms with Crippen molar-refractivity contribution >= 4 is 29.3 Å². The van der Waals surface area contributed by atoms with Gasteiger partial charge in [0.05, 0.1) is 12.7 Å². The summed E-state index contributed by atoms with van der Waals surface area (Å²) in [6.45, 7) is 4.78. The fourth-order valence-corrected chi connectivity index (χ4v) is 4.08. The Hall–Kier alpha value is -4.06. The van der Waals surface area contributed by atoms with Gasteiger partial charge in [0.1, 0.15) is 5.75 Å². The lowest BCUT2D eigenvalue weighted by molar-refractivity contribution is -0.126. The average molecular weight is 456 g/mol. The number of nitrogens with one attached hydrogen (secondary N) is 1. The van der Waals surface area contributed by atoms with Gasteiger partial charge in [0, 0.05) is 43.6 Å². The lowest BCUT2D eigenvalue weighted by Crippen LogP contribution is -2.48. The van der Waals surface area contributed by atoms with Gasteiger partial charge in [-0.1, -0.05) is 42.5 Å². The zero-order chi connectivity index (χ0) is 23.9. The molecule has 174 valence electrons. The maximum Gasteiger partial charge on any atom is 0.259 e. The molecule has 0 aliphatic carbocycles. The molecular formula is C28H29N3O3. The largest absolute Gasteiger partial charge is 0.496 e. The van der Waals surface area contributed by atoms with E-state index in [0.29, 0.717) is 24.4 Å². The van der Waals surface area contributed by atoms with Crippen molar-refractivity contribution in [2.24, 2.45) is 0 Å². The van der Waals surface area contributed by atoms with E-state index in [2.05, 4.69) is 10.2 Å². The van der Waals surface area contributed by atoms with Gasteiger partial charge in [0.25, 0.3) is 5.91 Å². The van der Waals surface area contributed by atoms with Crippen molar-refractivity contribution in [2.45, 2.75) is 6.92 Å². The summed E-state index contributed by atoms with van der Waals surface area (Å²) in [7, 11) is 1.57. The van der Waals surface area contributed by atoms with Crippen LogP contribution in [0.1, 0.15) is 21.5 Å². The molecule has 0 atom stereocenters. The summed E-state index contributed by atoms with van der Waals surface area (Å²) in [5.74, 6) is 0.416. The molecule has 6 heteroatoms. The van der Waals surface area contributed by atoms with E-state index in [1.807, 2.05) is 84.6 Å². The molecule has 34 heavy (non-hydrogen) atoms. The smallest absolute Gasteiger partial charge is 0.259 e. The van der Waals surface area contributed by atoms with Gasteiger partial charge in [-0.15, -0.1) is 0 Å². The molecule has 2 amide bonds. The summed E-state index contributed by atoms with van der Waals surface area (Å²) in [6, 6.07) is 23.1. The number of benzene rings is 3. The van der Waals surface area contributed by atoms with Crippen LogP contribution in [0.3, 0.4) is 0 Å². The van der Waals surface area contributed by atoms with Gasteiger partial charge in [-0.05, 0) is 54.5 Å². The molecule has 1 aliphatic heterocycles. The van der Waals surface area contributed by atoms with Crippen LogP contribution >= 0.6 is 0 Å². The van der Waals surface area contributed by atoms with E-state index in [1.165, 1.54) is 0 Å². The fraction of sp³-hybridized carbons (Fsp3) is 0.214. The third-order valence-corrected chi connectivity index (χ3v) is 5.96. The predicted octanol–water partition coefficient (Wildman–Crippen LogP) is 4.62. The van der Waals surface area contributed by atoms with Gasteiger partial charge in [-0.3, -0.25) is 9.59 Å². The Bertz CT molecular complexity index is 1170. The summed E-state index contributed by atoms with van der Waals surface area (Å²) >= 11 is 0. The van der Waals surface area contributed by atoms with Crippen LogP contribution in [0.5, 0.6) is 5.75 Å².